The Morgan fingerprint density at radius 3 is 2.55 bits per heavy atom. The number of aromatic nitrogens is 2. The Bertz CT molecular complexity index is 849. The summed E-state index contributed by atoms with van der Waals surface area (Å²) in [6, 6.07) is 4.08. The van der Waals surface area contributed by atoms with Gasteiger partial charge < -0.3 is 9.80 Å². The molecule has 1 amide bonds. The average Bonchev–Trinajstić information content (AvgIpc) is 3.46. The molecular formula is C22H29N5OS. The third-order valence-corrected chi connectivity index (χ3v) is 8.22. The normalized spacial score (nSPS) is 26.9. The van der Waals surface area contributed by atoms with Crippen molar-refractivity contribution in [3.05, 3.63) is 40.8 Å². The smallest absolute Gasteiger partial charge is 0.231 e. The Labute approximate surface area is 176 Å². The van der Waals surface area contributed by atoms with Crippen LogP contribution >= 0.6 is 11.3 Å². The number of nitrogens with zero attached hydrogens (tertiary/aromatic N) is 5. The van der Waals surface area contributed by atoms with E-state index in [2.05, 4.69) is 48.4 Å². The molecule has 3 saturated heterocycles. The lowest BCUT2D eigenvalue weighted by Crippen LogP contribution is -2.52. The first-order valence-corrected chi connectivity index (χ1v) is 11.6. The van der Waals surface area contributed by atoms with Gasteiger partial charge in [-0.15, -0.1) is 0 Å². The first-order valence-electron chi connectivity index (χ1n) is 10.7. The van der Waals surface area contributed by atoms with Crippen molar-refractivity contribution in [2.75, 3.05) is 44.2 Å². The highest BCUT2D eigenvalue weighted by molar-refractivity contribution is 7.07. The zero-order valence-corrected chi connectivity index (χ0v) is 17.9. The first-order chi connectivity index (χ1) is 14.2. The lowest BCUT2D eigenvalue weighted by Gasteiger charge is -2.46. The number of amides is 1. The average molecular weight is 412 g/mol. The second-order valence-corrected chi connectivity index (χ2v) is 9.59. The number of fused-ring (bicyclic) bond motifs is 1. The fourth-order valence-corrected chi connectivity index (χ4v) is 6.52. The van der Waals surface area contributed by atoms with E-state index in [1.165, 1.54) is 5.56 Å². The van der Waals surface area contributed by atoms with Gasteiger partial charge in [-0.2, -0.15) is 11.3 Å². The third-order valence-electron chi connectivity index (χ3n) is 7.49. The minimum absolute atomic E-state index is 0.0261. The molecule has 5 rings (SSSR count). The van der Waals surface area contributed by atoms with E-state index in [0.717, 1.165) is 71.0 Å². The van der Waals surface area contributed by atoms with E-state index in [9.17, 15) is 4.79 Å². The molecule has 0 radical (unpaired) electrons. The number of hydrogen-bond acceptors (Lipinski definition) is 6. The summed E-state index contributed by atoms with van der Waals surface area (Å²) in [5.74, 6) is 1.14. The van der Waals surface area contributed by atoms with Crippen molar-refractivity contribution < 1.29 is 4.79 Å². The molecule has 0 N–H and O–H groups in total. The number of carbonyl (C=O) groups is 1. The fraction of sp³-hybridized carbons (Fsp3) is 0.591. The highest BCUT2D eigenvalue weighted by Crippen LogP contribution is 2.58. The Morgan fingerprint density at radius 2 is 1.90 bits per heavy atom. The molecule has 0 aromatic carbocycles. The number of rotatable bonds is 4. The van der Waals surface area contributed by atoms with Gasteiger partial charge in [-0.1, -0.05) is 0 Å². The van der Waals surface area contributed by atoms with Crippen LogP contribution in [-0.4, -0.2) is 64.9 Å². The van der Waals surface area contributed by atoms with E-state index < -0.39 is 0 Å². The van der Waals surface area contributed by atoms with E-state index in [-0.39, 0.29) is 10.8 Å². The molecule has 2 spiro atoms. The molecule has 3 aliphatic rings. The van der Waals surface area contributed by atoms with E-state index in [4.69, 9.17) is 0 Å². The zero-order valence-electron chi connectivity index (χ0n) is 17.1. The van der Waals surface area contributed by atoms with Gasteiger partial charge in [-0.25, -0.2) is 9.97 Å². The number of piperidine rings is 1. The van der Waals surface area contributed by atoms with Gasteiger partial charge in [0.15, 0.2) is 0 Å². The summed E-state index contributed by atoms with van der Waals surface area (Å²) >= 11 is 1.77. The summed E-state index contributed by atoms with van der Waals surface area (Å²) in [6.07, 6.45) is 6.72. The molecule has 2 aromatic rings. The van der Waals surface area contributed by atoms with Crippen LogP contribution in [0.2, 0.25) is 0 Å². The Kier molecular flexibility index (Phi) is 4.82. The minimum Gasteiger partial charge on any atom is -0.342 e. The molecule has 2 aromatic heterocycles. The molecule has 0 unspecified atom stereocenters. The Morgan fingerprint density at radius 1 is 1.10 bits per heavy atom. The number of carbonyl (C=O) groups excluding carboxylic acids is 1. The standard InChI is InChI=1S/C22H29N5OS/c1-2-26-12-7-22(19(26)28)17-27(20-23-8-3-9-24-20)16-21(22)5-10-25(11-6-21)14-18-4-13-29-15-18/h3-4,8-9,13,15H,2,5-7,10-12,14,16-17H2,1H3/t22-/m1/s1. The van der Waals surface area contributed by atoms with E-state index in [0.29, 0.717) is 5.91 Å². The number of likely N-dealkylation sites (tertiary alicyclic amines) is 2. The highest BCUT2D eigenvalue weighted by Gasteiger charge is 2.65. The molecule has 0 bridgehead atoms. The second-order valence-electron chi connectivity index (χ2n) is 8.81. The maximum Gasteiger partial charge on any atom is 0.231 e. The van der Waals surface area contributed by atoms with Crippen molar-refractivity contribution in [2.45, 2.75) is 32.7 Å². The SMILES string of the molecule is CCN1CC[C@@]2(CN(c3ncccn3)CC23CCN(Cc2ccsc2)CC3)C1=O. The first kappa shape index (κ1) is 19.0. The molecule has 1 atom stereocenters. The highest BCUT2D eigenvalue weighted by atomic mass is 32.1. The minimum atomic E-state index is -0.281. The molecule has 5 heterocycles. The van der Waals surface area contributed by atoms with Crippen LogP contribution in [0.15, 0.2) is 35.3 Å². The van der Waals surface area contributed by atoms with Crippen LogP contribution in [0.5, 0.6) is 0 Å². The lowest BCUT2D eigenvalue weighted by atomic mass is 9.60. The van der Waals surface area contributed by atoms with Gasteiger partial charge in [0, 0.05) is 50.5 Å². The second kappa shape index (κ2) is 7.36. The van der Waals surface area contributed by atoms with Gasteiger partial charge in [0.1, 0.15) is 0 Å². The monoisotopic (exact) mass is 411 g/mol. The lowest BCUT2D eigenvalue weighted by molar-refractivity contribution is -0.142. The van der Waals surface area contributed by atoms with Crippen molar-refractivity contribution in [1.29, 1.82) is 0 Å². The molecule has 0 aliphatic carbocycles. The van der Waals surface area contributed by atoms with Gasteiger partial charge in [0.2, 0.25) is 11.9 Å². The van der Waals surface area contributed by atoms with Crippen LogP contribution in [0.25, 0.3) is 0 Å². The summed E-state index contributed by atoms with van der Waals surface area (Å²) < 4.78 is 0. The summed E-state index contributed by atoms with van der Waals surface area (Å²) in [6.45, 7) is 8.58. The van der Waals surface area contributed by atoms with Crippen LogP contribution < -0.4 is 4.90 Å². The molecule has 29 heavy (non-hydrogen) atoms. The van der Waals surface area contributed by atoms with Gasteiger partial charge >= 0.3 is 0 Å². The van der Waals surface area contributed by atoms with Crippen LogP contribution in [0.1, 0.15) is 31.7 Å². The summed E-state index contributed by atoms with van der Waals surface area (Å²) in [5.41, 5.74) is 1.15. The quantitative estimate of drug-likeness (QED) is 0.774. The topological polar surface area (TPSA) is 52.6 Å². The summed E-state index contributed by atoms with van der Waals surface area (Å²) in [7, 11) is 0. The Balaban J connectivity index is 1.41. The largest absolute Gasteiger partial charge is 0.342 e. The van der Waals surface area contributed by atoms with Crippen LogP contribution in [0.4, 0.5) is 5.95 Å². The Hall–Kier alpha value is -1.99. The maximum absolute atomic E-state index is 13.6. The number of hydrogen-bond donors (Lipinski definition) is 0. The molecule has 0 saturated carbocycles. The van der Waals surface area contributed by atoms with Crippen molar-refractivity contribution in [3.8, 4) is 0 Å². The zero-order chi connectivity index (χ0) is 19.9. The third kappa shape index (κ3) is 3.06. The van der Waals surface area contributed by atoms with Crippen molar-refractivity contribution >= 4 is 23.2 Å². The molecule has 3 aliphatic heterocycles. The van der Waals surface area contributed by atoms with Crippen molar-refractivity contribution in [3.63, 3.8) is 0 Å². The van der Waals surface area contributed by atoms with Crippen molar-refractivity contribution in [1.82, 2.24) is 19.8 Å². The van der Waals surface area contributed by atoms with E-state index in [1.54, 1.807) is 23.7 Å². The summed E-state index contributed by atoms with van der Waals surface area (Å²) in [4.78, 5) is 29.5. The maximum atomic E-state index is 13.6. The van der Waals surface area contributed by atoms with E-state index in [1.807, 2.05) is 6.07 Å². The van der Waals surface area contributed by atoms with E-state index >= 15 is 0 Å². The van der Waals surface area contributed by atoms with Crippen molar-refractivity contribution in [2.24, 2.45) is 10.8 Å². The van der Waals surface area contributed by atoms with Crippen LogP contribution in [0.3, 0.4) is 0 Å². The fourth-order valence-electron chi connectivity index (χ4n) is 5.86. The molecular weight excluding hydrogens is 382 g/mol. The van der Waals surface area contributed by atoms with Gasteiger partial charge in [-0.3, -0.25) is 9.69 Å². The van der Waals surface area contributed by atoms with Crippen LogP contribution in [0, 0.1) is 10.8 Å². The van der Waals surface area contributed by atoms with Crippen LogP contribution in [-0.2, 0) is 11.3 Å². The predicted molar refractivity (Wildman–Crippen MR) is 115 cm³/mol. The number of anilines is 1. The molecule has 6 nitrogen and oxygen atoms in total. The molecule has 154 valence electrons. The van der Waals surface area contributed by atoms with Gasteiger partial charge in [-0.05, 0) is 67.7 Å². The molecule has 7 heteroatoms. The predicted octanol–water partition coefficient (Wildman–Crippen LogP) is 2.88. The number of thiophene rings is 1. The van der Waals surface area contributed by atoms with Gasteiger partial charge in [0.25, 0.3) is 0 Å². The molecule has 3 fully saturated rings. The summed E-state index contributed by atoms with van der Waals surface area (Å²) in [5, 5.41) is 4.40. The van der Waals surface area contributed by atoms with Gasteiger partial charge in [0.05, 0.1) is 5.41 Å².